The van der Waals surface area contributed by atoms with Crippen molar-refractivity contribution >= 4 is 18.1 Å². The van der Waals surface area contributed by atoms with Crippen molar-refractivity contribution < 1.29 is 38.1 Å². The van der Waals surface area contributed by atoms with Gasteiger partial charge < -0.3 is 44.4 Å². The van der Waals surface area contributed by atoms with Crippen LogP contribution in [0.1, 0.15) is 20.8 Å². The number of nitrogens with one attached hydrogen (secondary N) is 3. The molecule has 0 saturated carbocycles. The zero-order valence-corrected chi connectivity index (χ0v) is 21.5. The van der Waals surface area contributed by atoms with Crippen molar-refractivity contribution in [2.45, 2.75) is 26.8 Å². The minimum Gasteiger partial charge on any atom is -0.377 e. The van der Waals surface area contributed by atoms with Crippen LogP contribution in [-0.4, -0.2) is 128 Å². The van der Waals surface area contributed by atoms with E-state index in [4.69, 9.17) is 23.7 Å². The van der Waals surface area contributed by atoms with E-state index in [0.717, 1.165) is 32.6 Å². The van der Waals surface area contributed by atoms with Gasteiger partial charge in [0.05, 0.1) is 58.9 Å². The first-order valence-corrected chi connectivity index (χ1v) is 12.2. The standard InChI is InChI=1S/C23H44N4O8/c1-23(2,3)20(16-28)26-22(30)18-35-15-13-33-11-9-31-8-10-32-12-14-34-17-21(29)25-5-7-27-6-4-24-19-27/h16,20,24H,4-15,17-19H2,1-3H3,(H,25,29)(H,26,30)/t20-/m1/s1. The van der Waals surface area contributed by atoms with Gasteiger partial charge in [0.15, 0.2) is 0 Å². The molecule has 1 rings (SSSR count). The molecule has 1 aliphatic heterocycles. The Balaban J connectivity index is 1.78. The van der Waals surface area contributed by atoms with E-state index in [0.29, 0.717) is 52.8 Å². The van der Waals surface area contributed by atoms with Crippen LogP contribution in [0.25, 0.3) is 0 Å². The molecule has 0 unspecified atom stereocenters. The summed E-state index contributed by atoms with van der Waals surface area (Å²) >= 11 is 0. The number of carbonyl (C=O) groups is 3. The van der Waals surface area contributed by atoms with Crippen molar-refractivity contribution in [1.82, 2.24) is 20.9 Å². The molecular formula is C23H44N4O8. The molecule has 12 nitrogen and oxygen atoms in total. The number of amides is 2. The fourth-order valence-corrected chi connectivity index (χ4v) is 2.93. The quantitative estimate of drug-likeness (QED) is 0.129. The highest BCUT2D eigenvalue weighted by atomic mass is 16.6. The van der Waals surface area contributed by atoms with Gasteiger partial charge in [0, 0.05) is 32.8 Å². The van der Waals surface area contributed by atoms with Gasteiger partial charge in [0.25, 0.3) is 0 Å². The van der Waals surface area contributed by atoms with Crippen LogP contribution < -0.4 is 16.0 Å². The van der Waals surface area contributed by atoms with Crippen LogP contribution in [-0.2, 0) is 38.1 Å². The van der Waals surface area contributed by atoms with E-state index in [-0.39, 0.29) is 37.0 Å². The Labute approximate surface area is 208 Å². The van der Waals surface area contributed by atoms with Crippen LogP contribution in [0.2, 0.25) is 0 Å². The largest absolute Gasteiger partial charge is 0.377 e. The number of aldehydes is 1. The highest BCUT2D eigenvalue weighted by Crippen LogP contribution is 2.17. The highest BCUT2D eigenvalue weighted by Gasteiger charge is 2.25. The van der Waals surface area contributed by atoms with Gasteiger partial charge >= 0.3 is 0 Å². The summed E-state index contributed by atoms with van der Waals surface area (Å²) in [6.07, 6.45) is 0.733. The third-order valence-electron chi connectivity index (χ3n) is 5.03. The fourth-order valence-electron chi connectivity index (χ4n) is 2.93. The van der Waals surface area contributed by atoms with Gasteiger partial charge in [-0.05, 0) is 5.41 Å². The second-order valence-electron chi connectivity index (χ2n) is 9.12. The molecule has 0 bridgehead atoms. The average Bonchev–Trinajstić information content (AvgIpc) is 3.32. The van der Waals surface area contributed by atoms with Gasteiger partial charge in [0.2, 0.25) is 11.8 Å². The molecule has 0 aromatic carbocycles. The van der Waals surface area contributed by atoms with E-state index in [2.05, 4.69) is 20.9 Å². The van der Waals surface area contributed by atoms with Crippen molar-refractivity contribution in [3.05, 3.63) is 0 Å². The summed E-state index contributed by atoms with van der Waals surface area (Å²) in [5.41, 5.74) is -0.345. The molecule has 35 heavy (non-hydrogen) atoms. The molecule has 1 aliphatic rings. The lowest BCUT2D eigenvalue weighted by atomic mass is 9.88. The van der Waals surface area contributed by atoms with Crippen LogP contribution in [0.4, 0.5) is 0 Å². The van der Waals surface area contributed by atoms with Gasteiger partial charge in [-0.15, -0.1) is 0 Å². The molecule has 204 valence electrons. The molecule has 3 N–H and O–H groups in total. The van der Waals surface area contributed by atoms with Crippen molar-refractivity contribution in [2.75, 3.05) is 98.9 Å². The summed E-state index contributed by atoms with van der Waals surface area (Å²) in [4.78, 5) is 36.8. The molecule has 12 heteroatoms. The van der Waals surface area contributed by atoms with Gasteiger partial charge in [-0.3, -0.25) is 14.5 Å². The van der Waals surface area contributed by atoms with Gasteiger partial charge in [-0.25, -0.2) is 0 Å². The number of rotatable bonds is 21. The monoisotopic (exact) mass is 504 g/mol. The number of hydrogen-bond acceptors (Lipinski definition) is 10. The second-order valence-corrected chi connectivity index (χ2v) is 9.12. The summed E-state index contributed by atoms with van der Waals surface area (Å²) < 4.78 is 26.7. The van der Waals surface area contributed by atoms with Crippen molar-refractivity contribution in [3.63, 3.8) is 0 Å². The molecule has 2 amide bonds. The van der Waals surface area contributed by atoms with Crippen LogP contribution in [0.5, 0.6) is 0 Å². The topological polar surface area (TPSA) is 137 Å². The predicted octanol–water partition coefficient (Wildman–Crippen LogP) is -1.22. The Morgan fingerprint density at radius 3 is 1.86 bits per heavy atom. The Morgan fingerprint density at radius 2 is 1.40 bits per heavy atom. The van der Waals surface area contributed by atoms with Gasteiger partial charge in [-0.2, -0.15) is 0 Å². The van der Waals surface area contributed by atoms with Crippen LogP contribution >= 0.6 is 0 Å². The number of hydrogen-bond donors (Lipinski definition) is 3. The molecule has 0 spiro atoms. The van der Waals surface area contributed by atoms with Crippen molar-refractivity contribution in [2.24, 2.45) is 5.41 Å². The summed E-state index contributed by atoms with van der Waals surface area (Å²) in [6, 6.07) is -0.553. The number of carbonyl (C=O) groups excluding carboxylic acids is 3. The summed E-state index contributed by atoms with van der Waals surface area (Å²) in [5, 5.41) is 8.71. The summed E-state index contributed by atoms with van der Waals surface area (Å²) in [6.45, 7) is 12.9. The fraction of sp³-hybridized carbons (Fsp3) is 0.870. The first-order valence-electron chi connectivity index (χ1n) is 12.2. The third kappa shape index (κ3) is 17.4. The van der Waals surface area contributed by atoms with Gasteiger partial charge in [-0.1, -0.05) is 20.8 Å². The highest BCUT2D eigenvalue weighted by molar-refractivity contribution is 5.81. The maximum Gasteiger partial charge on any atom is 0.246 e. The Hall–Kier alpha value is -1.67. The van der Waals surface area contributed by atoms with E-state index in [9.17, 15) is 14.4 Å². The van der Waals surface area contributed by atoms with Crippen LogP contribution in [0.15, 0.2) is 0 Å². The van der Waals surface area contributed by atoms with Crippen molar-refractivity contribution in [3.8, 4) is 0 Å². The van der Waals surface area contributed by atoms with E-state index in [1.54, 1.807) is 0 Å². The Kier molecular flexibility index (Phi) is 17.5. The lowest BCUT2D eigenvalue weighted by Crippen LogP contribution is -2.46. The van der Waals surface area contributed by atoms with Crippen LogP contribution in [0.3, 0.4) is 0 Å². The minimum absolute atomic E-state index is 0.0278. The number of ether oxygens (including phenoxy) is 5. The summed E-state index contributed by atoms with van der Waals surface area (Å²) in [5.74, 6) is -0.457. The SMILES string of the molecule is CC(C)(C)[C@@H](C=O)NC(=O)COCCOCCOCCOCCOCC(=O)NCCN1CCNC1. The molecule has 0 radical (unpaired) electrons. The Bertz CT molecular complexity index is 582. The smallest absolute Gasteiger partial charge is 0.246 e. The second kappa shape index (κ2) is 19.5. The minimum atomic E-state index is -0.553. The Morgan fingerprint density at radius 1 is 0.886 bits per heavy atom. The van der Waals surface area contributed by atoms with Crippen molar-refractivity contribution in [1.29, 1.82) is 0 Å². The van der Waals surface area contributed by atoms with Crippen LogP contribution in [0, 0.1) is 5.41 Å². The molecule has 1 fully saturated rings. The molecule has 0 aromatic rings. The van der Waals surface area contributed by atoms with Gasteiger partial charge in [0.1, 0.15) is 19.5 Å². The maximum absolute atomic E-state index is 11.8. The normalized spacial score (nSPS) is 15.2. The summed E-state index contributed by atoms with van der Waals surface area (Å²) in [7, 11) is 0. The first kappa shape index (κ1) is 31.4. The average molecular weight is 505 g/mol. The lowest BCUT2D eigenvalue weighted by molar-refractivity contribution is -0.130. The molecule has 1 heterocycles. The first-order chi connectivity index (χ1) is 16.8. The molecule has 0 aromatic heterocycles. The van der Waals surface area contributed by atoms with E-state index >= 15 is 0 Å². The van der Waals surface area contributed by atoms with E-state index < -0.39 is 6.04 Å². The molecule has 0 aliphatic carbocycles. The third-order valence-corrected chi connectivity index (χ3v) is 5.03. The molecular weight excluding hydrogens is 460 g/mol. The van der Waals surface area contributed by atoms with E-state index in [1.165, 1.54) is 0 Å². The maximum atomic E-state index is 11.8. The number of nitrogens with zero attached hydrogens (tertiary/aromatic N) is 1. The zero-order chi connectivity index (χ0) is 25.8. The lowest BCUT2D eigenvalue weighted by Gasteiger charge is -2.26. The van der Waals surface area contributed by atoms with E-state index in [1.807, 2.05) is 20.8 Å². The zero-order valence-electron chi connectivity index (χ0n) is 21.5. The predicted molar refractivity (Wildman–Crippen MR) is 129 cm³/mol. The molecule has 1 saturated heterocycles. The molecule has 1 atom stereocenters.